The van der Waals surface area contributed by atoms with Crippen LogP contribution in [0.2, 0.25) is 0 Å². The van der Waals surface area contributed by atoms with Crippen LogP contribution in [0, 0.1) is 20.8 Å². The lowest BCUT2D eigenvalue weighted by atomic mass is 9.83. The molecule has 0 saturated heterocycles. The minimum absolute atomic E-state index is 0.135. The number of fused-ring (bicyclic) bond motifs is 4. The number of hydrogen-bond acceptors (Lipinski definition) is 4. The van der Waals surface area contributed by atoms with Gasteiger partial charge in [-0.1, -0.05) is 45.0 Å². The topological polar surface area (TPSA) is 38.9 Å². The van der Waals surface area contributed by atoms with Crippen molar-refractivity contribution in [2.45, 2.75) is 47.0 Å². The van der Waals surface area contributed by atoms with Crippen molar-refractivity contribution in [1.82, 2.24) is 9.97 Å². The Bertz CT molecular complexity index is 1740. The number of hydrogen-bond donors (Lipinski definition) is 0. The molecule has 0 aliphatic rings. The largest absolute Gasteiger partial charge is 0.437 e. The maximum Gasteiger partial charge on any atom is 0.227 e. The van der Waals surface area contributed by atoms with Crippen molar-refractivity contribution >= 4 is 43.6 Å². The Kier molecular flexibility index (Phi) is 4.87. The Morgan fingerprint density at radius 1 is 0.800 bits per heavy atom. The second kappa shape index (κ2) is 7.76. The lowest BCUT2D eigenvalue weighted by Crippen LogP contribution is -2.11. The molecule has 35 heavy (non-hydrogen) atoms. The van der Waals surface area contributed by atoms with Gasteiger partial charge in [-0.25, -0.2) is 9.97 Å². The van der Waals surface area contributed by atoms with Gasteiger partial charge in [0.15, 0.2) is 0 Å². The summed E-state index contributed by atoms with van der Waals surface area (Å²) >= 11 is 1.81. The molecule has 2 aromatic carbocycles. The summed E-state index contributed by atoms with van der Waals surface area (Å²) in [6, 6.07) is 21.6. The molecule has 4 heteroatoms. The number of pyridine rings is 2. The lowest BCUT2D eigenvalue weighted by Gasteiger charge is -2.22. The number of benzene rings is 2. The van der Waals surface area contributed by atoms with Crippen molar-refractivity contribution in [3.8, 4) is 21.7 Å². The zero-order chi connectivity index (χ0) is 24.5. The van der Waals surface area contributed by atoms with E-state index >= 15 is 0 Å². The lowest BCUT2D eigenvalue weighted by molar-refractivity contribution is 0.589. The average Bonchev–Trinajstić information content (AvgIpc) is 3.37. The van der Waals surface area contributed by atoms with Gasteiger partial charge < -0.3 is 4.42 Å². The first-order chi connectivity index (χ1) is 16.7. The first kappa shape index (κ1) is 22.0. The fraction of sp³-hybridized carbons (Fsp3) is 0.226. The molecule has 174 valence electrons. The molecular formula is C31H28N2OS. The van der Waals surface area contributed by atoms with Crippen LogP contribution in [0.1, 0.15) is 43.2 Å². The van der Waals surface area contributed by atoms with Crippen molar-refractivity contribution in [3.05, 3.63) is 83.0 Å². The summed E-state index contributed by atoms with van der Waals surface area (Å²) in [5.74, 6) is 0. The molecule has 0 bridgehead atoms. The second-order valence-corrected chi connectivity index (χ2v) is 11.6. The summed E-state index contributed by atoms with van der Waals surface area (Å²) in [6.45, 7) is 13.2. The second-order valence-electron chi connectivity index (χ2n) is 10.5. The van der Waals surface area contributed by atoms with E-state index in [1.165, 1.54) is 31.8 Å². The quantitative estimate of drug-likeness (QED) is 0.250. The van der Waals surface area contributed by atoms with Gasteiger partial charge in [0.05, 0.1) is 15.9 Å². The van der Waals surface area contributed by atoms with Gasteiger partial charge in [-0.3, -0.25) is 0 Å². The first-order valence-electron chi connectivity index (χ1n) is 12.0. The predicted octanol–water partition coefficient (Wildman–Crippen LogP) is 9.15. The number of thiophene rings is 1. The van der Waals surface area contributed by atoms with E-state index in [0.29, 0.717) is 5.71 Å². The summed E-state index contributed by atoms with van der Waals surface area (Å²) in [6.07, 6.45) is 0. The Balaban J connectivity index is 1.48. The maximum atomic E-state index is 6.23. The van der Waals surface area contributed by atoms with E-state index in [2.05, 4.69) is 94.2 Å². The minimum Gasteiger partial charge on any atom is -0.437 e. The van der Waals surface area contributed by atoms with Crippen molar-refractivity contribution < 1.29 is 4.42 Å². The molecular weight excluding hydrogens is 448 g/mol. The molecule has 6 rings (SSSR count). The van der Waals surface area contributed by atoms with Crippen molar-refractivity contribution in [2.75, 3.05) is 0 Å². The van der Waals surface area contributed by atoms with Crippen LogP contribution < -0.4 is 0 Å². The van der Waals surface area contributed by atoms with E-state index in [1.54, 1.807) is 0 Å². The molecule has 4 aromatic heterocycles. The molecule has 4 heterocycles. The molecule has 0 saturated carbocycles. The number of aryl methyl sites for hydroxylation is 3. The molecule has 6 aromatic rings. The van der Waals surface area contributed by atoms with Gasteiger partial charge in [-0.05, 0) is 84.8 Å². The highest BCUT2D eigenvalue weighted by molar-refractivity contribution is 7.22. The van der Waals surface area contributed by atoms with E-state index in [0.717, 1.165) is 38.8 Å². The first-order valence-corrected chi connectivity index (χ1v) is 12.8. The van der Waals surface area contributed by atoms with Crippen molar-refractivity contribution in [1.29, 1.82) is 0 Å². The fourth-order valence-electron chi connectivity index (χ4n) is 4.96. The van der Waals surface area contributed by atoms with Gasteiger partial charge in [-0.15, -0.1) is 11.3 Å². The maximum absolute atomic E-state index is 6.23. The molecule has 0 N–H and O–H groups in total. The minimum atomic E-state index is 0.135. The highest BCUT2D eigenvalue weighted by atomic mass is 32.1. The van der Waals surface area contributed by atoms with E-state index in [1.807, 2.05) is 24.3 Å². The van der Waals surface area contributed by atoms with Crippen LogP contribution in [-0.4, -0.2) is 9.97 Å². The van der Waals surface area contributed by atoms with Crippen LogP contribution in [0.3, 0.4) is 0 Å². The average molecular weight is 477 g/mol. The van der Waals surface area contributed by atoms with Crippen molar-refractivity contribution in [3.63, 3.8) is 0 Å². The fourth-order valence-corrected chi connectivity index (χ4v) is 6.13. The zero-order valence-electron chi connectivity index (χ0n) is 21.0. The highest BCUT2D eigenvalue weighted by Crippen LogP contribution is 2.40. The molecule has 3 nitrogen and oxygen atoms in total. The third-order valence-electron chi connectivity index (χ3n) is 6.80. The molecule has 0 fully saturated rings. The number of para-hydroxylation sites is 1. The molecule has 0 aliphatic carbocycles. The Morgan fingerprint density at radius 3 is 2.31 bits per heavy atom. The summed E-state index contributed by atoms with van der Waals surface area (Å²) in [5.41, 5.74) is 10.9. The monoisotopic (exact) mass is 476 g/mol. The van der Waals surface area contributed by atoms with Crippen LogP contribution in [0.15, 0.2) is 65.1 Å². The Morgan fingerprint density at radius 2 is 1.57 bits per heavy atom. The molecule has 0 radical (unpaired) electrons. The van der Waals surface area contributed by atoms with Crippen LogP contribution in [0.4, 0.5) is 0 Å². The van der Waals surface area contributed by atoms with Crippen LogP contribution in [-0.2, 0) is 5.41 Å². The molecule has 0 amide bonds. The summed E-state index contributed by atoms with van der Waals surface area (Å²) < 4.78 is 7.42. The van der Waals surface area contributed by atoms with Gasteiger partial charge in [-0.2, -0.15) is 0 Å². The SMILES string of the molecule is Cc1ccc2c(n1)oc1c(-c3ccc4sc(-c5c(C)cc(C(C)(C)C)cc5C)cc4n3)cccc12. The number of aromatic nitrogens is 2. The molecule has 0 unspecified atom stereocenters. The highest BCUT2D eigenvalue weighted by Gasteiger charge is 2.19. The molecule has 0 atom stereocenters. The zero-order valence-corrected chi connectivity index (χ0v) is 21.8. The smallest absolute Gasteiger partial charge is 0.227 e. The van der Waals surface area contributed by atoms with Gasteiger partial charge in [0.2, 0.25) is 5.71 Å². The Labute approximate surface area is 209 Å². The van der Waals surface area contributed by atoms with E-state index in [-0.39, 0.29) is 5.41 Å². The van der Waals surface area contributed by atoms with Gasteiger partial charge in [0.1, 0.15) is 5.58 Å². The van der Waals surface area contributed by atoms with Crippen LogP contribution in [0.25, 0.3) is 54.0 Å². The number of nitrogens with zero attached hydrogens (tertiary/aromatic N) is 2. The number of furan rings is 1. The number of rotatable bonds is 2. The van der Waals surface area contributed by atoms with Gasteiger partial charge in [0, 0.05) is 26.9 Å². The molecule has 0 spiro atoms. The van der Waals surface area contributed by atoms with Crippen LogP contribution >= 0.6 is 11.3 Å². The summed E-state index contributed by atoms with van der Waals surface area (Å²) in [4.78, 5) is 10.9. The van der Waals surface area contributed by atoms with Gasteiger partial charge >= 0.3 is 0 Å². The van der Waals surface area contributed by atoms with Crippen molar-refractivity contribution in [2.24, 2.45) is 0 Å². The van der Waals surface area contributed by atoms with E-state index < -0.39 is 0 Å². The van der Waals surface area contributed by atoms with Gasteiger partial charge in [0.25, 0.3) is 0 Å². The normalized spacial score (nSPS) is 12.3. The third kappa shape index (κ3) is 3.64. The van der Waals surface area contributed by atoms with Crippen LogP contribution in [0.5, 0.6) is 0 Å². The van der Waals surface area contributed by atoms with E-state index in [9.17, 15) is 0 Å². The summed E-state index contributed by atoms with van der Waals surface area (Å²) in [7, 11) is 0. The standard InChI is InChI=1S/C31H28N2OS/c1-17-14-20(31(4,5)6)15-18(2)28(17)27-16-25-26(35-27)13-12-24(33-25)23-9-7-8-21-22-11-10-19(3)32-30(22)34-29(21)23/h7-16H,1-6H3. The third-order valence-corrected chi connectivity index (χ3v) is 7.91. The Hall–Kier alpha value is -3.50. The van der Waals surface area contributed by atoms with E-state index in [4.69, 9.17) is 9.40 Å². The summed E-state index contributed by atoms with van der Waals surface area (Å²) in [5, 5.41) is 2.11. The molecule has 0 aliphatic heterocycles. The predicted molar refractivity (Wildman–Crippen MR) is 148 cm³/mol.